The van der Waals surface area contributed by atoms with E-state index in [1.54, 1.807) is 13.0 Å². The number of amides is 1. The molecule has 102 valence electrons. The van der Waals surface area contributed by atoms with E-state index >= 15 is 0 Å². The number of anilines is 1. The van der Waals surface area contributed by atoms with Crippen LogP contribution in [0, 0.1) is 11.6 Å². The van der Waals surface area contributed by atoms with E-state index in [1.807, 2.05) is 30.3 Å². The van der Waals surface area contributed by atoms with Gasteiger partial charge in [-0.3, -0.25) is 4.79 Å². The van der Waals surface area contributed by atoms with Gasteiger partial charge in [0.1, 0.15) is 11.6 Å². The van der Waals surface area contributed by atoms with Gasteiger partial charge in [0.05, 0.1) is 5.69 Å². The molecule has 2 nitrogen and oxygen atoms in total. The van der Waals surface area contributed by atoms with Crippen LogP contribution in [0.3, 0.4) is 0 Å². The molecule has 0 heterocycles. The van der Waals surface area contributed by atoms with Crippen LogP contribution in [0.15, 0.2) is 54.1 Å². The highest BCUT2D eigenvalue weighted by Crippen LogP contribution is 2.16. The summed E-state index contributed by atoms with van der Waals surface area (Å²) in [6.07, 6.45) is 1.69. The van der Waals surface area contributed by atoms with Crippen molar-refractivity contribution >= 4 is 17.7 Å². The van der Waals surface area contributed by atoms with Gasteiger partial charge >= 0.3 is 0 Å². The van der Waals surface area contributed by atoms with Crippen molar-refractivity contribution in [3.05, 3.63) is 71.3 Å². The molecule has 0 atom stereocenters. The molecule has 2 aromatic rings. The number of carbonyl (C=O) groups excluding carboxylic acids is 1. The maximum atomic E-state index is 13.4. The van der Waals surface area contributed by atoms with Gasteiger partial charge in [-0.05, 0) is 30.7 Å². The molecule has 0 unspecified atom stereocenters. The summed E-state index contributed by atoms with van der Waals surface area (Å²) < 4.78 is 26.2. The lowest BCUT2D eigenvalue weighted by molar-refractivity contribution is -0.112. The second-order valence-corrected chi connectivity index (χ2v) is 4.32. The van der Waals surface area contributed by atoms with E-state index in [0.717, 1.165) is 17.7 Å². The highest BCUT2D eigenvalue weighted by atomic mass is 19.1. The Morgan fingerprint density at radius 1 is 1.10 bits per heavy atom. The molecule has 0 spiro atoms. The molecule has 0 saturated carbocycles. The Hall–Kier alpha value is -2.49. The van der Waals surface area contributed by atoms with Crippen molar-refractivity contribution in [3.8, 4) is 0 Å². The van der Waals surface area contributed by atoms with Gasteiger partial charge < -0.3 is 5.32 Å². The third kappa shape index (κ3) is 3.51. The fourth-order valence-electron chi connectivity index (χ4n) is 1.68. The summed E-state index contributed by atoms with van der Waals surface area (Å²) in [6, 6.07) is 12.3. The van der Waals surface area contributed by atoms with Crippen LogP contribution in [0.1, 0.15) is 12.5 Å². The van der Waals surface area contributed by atoms with Crippen molar-refractivity contribution in [3.63, 3.8) is 0 Å². The van der Waals surface area contributed by atoms with Crippen LogP contribution >= 0.6 is 0 Å². The highest BCUT2D eigenvalue weighted by Gasteiger charge is 2.09. The first kappa shape index (κ1) is 13.9. The summed E-state index contributed by atoms with van der Waals surface area (Å²) in [5, 5.41) is 2.41. The van der Waals surface area contributed by atoms with Crippen molar-refractivity contribution in [1.29, 1.82) is 0 Å². The zero-order valence-electron chi connectivity index (χ0n) is 10.9. The van der Waals surface area contributed by atoms with Crippen LogP contribution < -0.4 is 5.32 Å². The first-order valence-electron chi connectivity index (χ1n) is 6.06. The van der Waals surface area contributed by atoms with Gasteiger partial charge in [0, 0.05) is 11.6 Å². The second-order valence-electron chi connectivity index (χ2n) is 4.32. The minimum atomic E-state index is -0.800. The zero-order chi connectivity index (χ0) is 14.5. The predicted octanol–water partition coefficient (Wildman–Crippen LogP) is 4.01. The molecule has 1 N–H and O–H groups in total. The molecule has 2 rings (SSSR count). The monoisotopic (exact) mass is 273 g/mol. The smallest absolute Gasteiger partial charge is 0.251 e. The number of benzene rings is 2. The summed E-state index contributed by atoms with van der Waals surface area (Å²) in [5.41, 5.74) is 1.26. The standard InChI is InChI=1S/C16H13F2NO/c1-11(9-12-5-3-2-4-6-12)16(20)19-15-8-7-13(17)10-14(15)18/h2-10H,1H3,(H,19,20). The number of carbonyl (C=O) groups is 1. The molecular weight excluding hydrogens is 260 g/mol. The number of rotatable bonds is 3. The average Bonchev–Trinajstić information content (AvgIpc) is 2.43. The first-order valence-corrected chi connectivity index (χ1v) is 6.06. The first-order chi connectivity index (χ1) is 9.56. The number of hydrogen-bond acceptors (Lipinski definition) is 1. The van der Waals surface area contributed by atoms with Crippen LogP contribution in [0.5, 0.6) is 0 Å². The Balaban J connectivity index is 2.14. The molecule has 0 bridgehead atoms. The van der Waals surface area contributed by atoms with Crippen molar-refractivity contribution in [2.75, 3.05) is 5.32 Å². The zero-order valence-corrected chi connectivity index (χ0v) is 10.9. The van der Waals surface area contributed by atoms with Crippen LogP contribution in [-0.2, 0) is 4.79 Å². The summed E-state index contributed by atoms with van der Waals surface area (Å²) in [5.74, 6) is -1.91. The van der Waals surface area contributed by atoms with Crippen LogP contribution in [0.4, 0.5) is 14.5 Å². The molecule has 0 saturated heterocycles. The Kier molecular flexibility index (Phi) is 4.25. The topological polar surface area (TPSA) is 29.1 Å². The van der Waals surface area contributed by atoms with Gasteiger partial charge in [-0.2, -0.15) is 0 Å². The van der Waals surface area contributed by atoms with Crippen molar-refractivity contribution in [2.24, 2.45) is 0 Å². The summed E-state index contributed by atoms with van der Waals surface area (Å²) in [4.78, 5) is 11.9. The lowest BCUT2D eigenvalue weighted by Gasteiger charge is -2.06. The molecule has 0 aromatic heterocycles. The quantitative estimate of drug-likeness (QED) is 0.841. The molecule has 0 fully saturated rings. The van der Waals surface area contributed by atoms with E-state index in [1.165, 1.54) is 6.07 Å². The lowest BCUT2D eigenvalue weighted by Crippen LogP contribution is -2.13. The van der Waals surface area contributed by atoms with Crippen molar-refractivity contribution in [2.45, 2.75) is 6.92 Å². The number of nitrogens with one attached hydrogen (secondary N) is 1. The Morgan fingerprint density at radius 3 is 2.45 bits per heavy atom. The number of hydrogen-bond donors (Lipinski definition) is 1. The Bertz CT molecular complexity index is 651. The lowest BCUT2D eigenvalue weighted by atomic mass is 10.1. The average molecular weight is 273 g/mol. The fraction of sp³-hybridized carbons (Fsp3) is 0.0625. The highest BCUT2D eigenvalue weighted by molar-refractivity contribution is 6.06. The second kappa shape index (κ2) is 6.10. The SMILES string of the molecule is CC(=Cc1ccccc1)C(=O)Nc1ccc(F)cc1F. The Morgan fingerprint density at radius 2 is 1.80 bits per heavy atom. The van der Waals surface area contributed by atoms with Crippen LogP contribution in [0.25, 0.3) is 6.08 Å². The number of halogens is 2. The van der Waals surface area contributed by atoms with E-state index in [4.69, 9.17) is 0 Å². The van der Waals surface area contributed by atoms with Crippen molar-refractivity contribution < 1.29 is 13.6 Å². The minimum Gasteiger partial charge on any atom is -0.320 e. The van der Waals surface area contributed by atoms with Gasteiger partial charge in [0.15, 0.2) is 0 Å². The summed E-state index contributed by atoms with van der Waals surface area (Å²) >= 11 is 0. The van der Waals surface area contributed by atoms with Gasteiger partial charge in [-0.1, -0.05) is 30.3 Å². The normalized spacial score (nSPS) is 11.2. The van der Waals surface area contributed by atoms with Gasteiger partial charge in [-0.15, -0.1) is 0 Å². The van der Waals surface area contributed by atoms with E-state index in [9.17, 15) is 13.6 Å². The van der Waals surface area contributed by atoms with Gasteiger partial charge in [0.25, 0.3) is 5.91 Å². The third-order valence-corrected chi connectivity index (χ3v) is 2.72. The minimum absolute atomic E-state index is 0.0442. The maximum Gasteiger partial charge on any atom is 0.251 e. The van der Waals surface area contributed by atoms with E-state index < -0.39 is 17.5 Å². The molecule has 0 aliphatic rings. The van der Waals surface area contributed by atoms with E-state index in [2.05, 4.69) is 5.32 Å². The largest absolute Gasteiger partial charge is 0.320 e. The maximum absolute atomic E-state index is 13.4. The van der Waals surface area contributed by atoms with E-state index in [-0.39, 0.29) is 5.69 Å². The molecule has 4 heteroatoms. The van der Waals surface area contributed by atoms with Gasteiger partial charge in [0.2, 0.25) is 0 Å². The molecule has 20 heavy (non-hydrogen) atoms. The predicted molar refractivity (Wildman–Crippen MR) is 75.1 cm³/mol. The molecular formula is C16H13F2NO. The molecule has 1 amide bonds. The van der Waals surface area contributed by atoms with Crippen LogP contribution in [0.2, 0.25) is 0 Å². The van der Waals surface area contributed by atoms with Gasteiger partial charge in [-0.25, -0.2) is 8.78 Å². The summed E-state index contributed by atoms with van der Waals surface area (Å²) in [7, 11) is 0. The van der Waals surface area contributed by atoms with E-state index in [0.29, 0.717) is 5.57 Å². The molecule has 0 aliphatic heterocycles. The Labute approximate surface area is 115 Å². The third-order valence-electron chi connectivity index (χ3n) is 2.72. The fourth-order valence-corrected chi connectivity index (χ4v) is 1.68. The van der Waals surface area contributed by atoms with Crippen LogP contribution in [-0.4, -0.2) is 5.91 Å². The molecule has 0 radical (unpaired) electrons. The molecule has 2 aromatic carbocycles. The molecule has 0 aliphatic carbocycles. The van der Waals surface area contributed by atoms with Crippen molar-refractivity contribution in [1.82, 2.24) is 0 Å². The summed E-state index contributed by atoms with van der Waals surface area (Å²) in [6.45, 7) is 1.63.